The van der Waals surface area contributed by atoms with E-state index in [0.29, 0.717) is 10.7 Å². The van der Waals surface area contributed by atoms with E-state index in [1.165, 1.54) is 0 Å². The Labute approximate surface area is 119 Å². The molecule has 0 aromatic heterocycles. The Balaban J connectivity index is 1.90. The van der Waals surface area contributed by atoms with Crippen LogP contribution in [0.2, 0.25) is 0 Å². The van der Waals surface area contributed by atoms with Crippen LogP contribution in [0, 0.1) is 0 Å². The molecule has 5 nitrogen and oxygen atoms in total. The lowest BCUT2D eigenvalue weighted by Crippen LogP contribution is -2.51. The summed E-state index contributed by atoms with van der Waals surface area (Å²) in [7, 11) is -1.53. The van der Waals surface area contributed by atoms with Gasteiger partial charge in [-0.3, -0.25) is 0 Å². The average Bonchev–Trinajstić information content (AvgIpc) is 2.72. The molecule has 2 heterocycles. The molecule has 0 saturated carbocycles. The summed E-state index contributed by atoms with van der Waals surface area (Å²) in [5.41, 5.74) is 0.870. The van der Waals surface area contributed by atoms with E-state index in [-0.39, 0.29) is 5.54 Å². The number of rotatable bonds is 1. The van der Waals surface area contributed by atoms with Gasteiger partial charge >= 0.3 is 0 Å². The molecule has 1 aromatic rings. The Morgan fingerprint density at radius 2 is 1.90 bits per heavy atom. The molecule has 0 bridgehead atoms. The van der Waals surface area contributed by atoms with Crippen molar-refractivity contribution < 1.29 is 8.42 Å². The summed E-state index contributed by atoms with van der Waals surface area (Å²) in [4.78, 5) is 2.42. The highest BCUT2D eigenvalue weighted by molar-refractivity contribution is 7.90. The van der Waals surface area contributed by atoms with E-state index in [9.17, 15) is 8.42 Å². The van der Waals surface area contributed by atoms with Crippen LogP contribution in [-0.4, -0.2) is 44.8 Å². The van der Waals surface area contributed by atoms with Crippen LogP contribution in [-0.2, 0) is 10.0 Å². The molecule has 0 radical (unpaired) electrons. The first-order valence-electron chi connectivity index (χ1n) is 6.83. The molecule has 1 fully saturated rings. The molecule has 0 atom stereocenters. The van der Waals surface area contributed by atoms with Crippen molar-refractivity contribution in [2.24, 2.45) is 4.40 Å². The highest BCUT2D eigenvalue weighted by Gasteiger charge is 2.35. The van der Waals surface area contributed by atoms with E-state index < -0.39 is 10.0 Å². The first kappa shape index (κ1) is 13.6. The van der Waals surface area contributed by atoms with Crippen LogP contribution in [0.1, 0.15) is 25.3 Å². The molecule has 6 heteroatoms. The summed E-state index contributed by atoms with van der Waals surface area (Å²) in [6, 6.07) is 7.06. The molecule has 0 amide bonds. The van der Waals surface area contributed by atoms with Gasteiger partial charge in [-0.2, -0.15) is 8.42 Å². The van der Waals surface area contributed by atoms with E-state index in [1.54, 1.807) is 12.1 Å². The molecule has 2 aliphatic rings. The molecular formula is C14H19N3O2S. The highest BCUT2D eigenvalue weighted by atomic mass is 32.2. The van der Waals surface area contributed by atoms with Crippen molar-refractivity contribution >= 4 is 15.9 Å². The minimum Gasteiger partial charge on any atom is -0.355 e. The minimum atomic E-state index is -3.51. The Morgan fingerprint density at radius 3 is 2.55 bits per heavy atom. The van der Waals surface area contributed by atoms with Gasteiger partial charge in [-0.05, 0) is 38.9 Å². The van der Waals surface area contributed by atoms with Gasteiger partial charge in [0.25, 0.3) is 10.0 Å². The lowest BCUT2D eigenvalue weighted by molar-refractivity contribution is 0.213. The Morgan fingerprint density at radius 1 is 1.25 bits per heavy atom. The normalized spacial score (nSPS) is 23.3. The second-order valence-corrected chi connectivity index (χ2v) is 7.26. The van der Waals surface area contributed by atoms with Crippen LogP contribution in [0.5, 0.6) is 0 Å². The van der Waals surface area contributed by atoms with Crippen LogP contribution in [0.25, 0.3) is 0 Å². The van der Waals surface area contributed by atoms with Crippen molar-refractivity contribution in [2.45, 2.75) is 30.2 Å². The zero-order valence-corrected chi connectivity index (χ0v) is 12.6. The standard InChI is InChI=1S/C14H19N3O2S/c1-14(15-2)7-9-17(10-8-14)13-11-5-3-4-6-12(11)20(18,19)16-13/h3-6,15H,7-10H2,1-2H3. The number of benzene rings is 1. The Bertz CT molecular complexity index is 659. The van der Waals surface area contributed by atoms with Crippen LogP contribution in [0.3, 0.4) is 0 Å². The molecule has 1 saturated heterocycles. The Kier molecular flexibility index (Phi) is 3.10. The van der Waals surface area contributed by atoms with Gasteiger partial charge in [0.15, 0.2) is 5.84 Å². The molecule has 108 valence electrons. The first-order chi connectivity index (χ1) is 9.45. The smallest absolute Gasteiger partial charge is 0.285 e. The summed E-state index contributed by atoms with van der Waals surface area (Å²) in [6.07, 6.45) is 1.95. The van der Waals surface area contributed by atoms with Gasteiger partial charge in [-0.1, -0.05) is 12.1 Å². The van der Waals surface area contributed by atoms with Crippen molar-refractivity contribution in [3.8, 4) is 0 Å². The van der Waals surface area contributed by atoms with Gasteiger partial charge in [0.2, 0.25) is 0 Å². The van der Waals surface area contributed by atoms with Crippen LogP contribution < -0.4 is 5.32 Å². The molecule has 20 heavy (non-hydrogen) atoms. The second kappa shape index (κ2) is 4.56. The van der Waals surface area contributed by atoms with Crippen LogP contribution in [0.15, 0.2) is 33.6 Å². The molecule has 1 N–H and O–H groups in total. The van der Waals surface area contributed by atoms with Crippen molar-refractivity contribution in [2.75, 3.05) is 20.1 Å². The number of amidine groups is 1. The van der Waals surface area contributed by atoms with Gasteiger partial charge in [-0.15, -0.1) is 4.40 Å². The third kappa shape index (κ3) is 2.13. The lowest BCUT2D eigenvalue weighted by atomic mass is 9.89. The molecule has 0 aliphatic carbocycles. The zero-order valence-electron chi connectivity index (χ0n) is 11.8. The fourth-order valence-corrected chi connectivity index (χ4v) is 4.01. The summed E-state index contributed by atoms with van der Waals surface area (Å²) in [6.45, 7) is 3.84. The fourth-order valence-electron chi connectivity index (χ4n) is 2.78. The predicted molar refractivity (Wildman–Crippen MR) is 78.4 cm³/mol. The maximum absolute atomic E-state index is 12.1. The van der Waals surface area contributed by atoms with Crippen LogP contribution >= 0.6 is 0 Å². The van der Waals surface area contributed by atoms with Crippen molar-refractivity contribution in [3.05, 3.63) is 29.8 Å². The van der Waals surface area contributed by atoms with Gasteiger partial charge < -0.3 is 10.2 Å². The number of likely N-dealkylation sites (tertiary alicyclic amines) is 1. The first-order valence-corrected chi connectivity index (χ1v) is 8.27. The van der Waals surface area contributed by atoms with E-state index in [1.807, 2.05) is 19.2 Å². The lowest BCUT2D eigenvalue weighted by Gasteiger charge is -2.40. The average molecular weight is 293 g/mol. The molecule has 2 aliphatic heterocycles. The van der Waals surface area contributed by atoms with Crippen molar-refractivity contribution in [3.63, 3.8) is 0 Å². The van der Waals surface area contributed by atoms with Crippen molar-refractivity contribution in [1.29, 1.82) is 0 Å². The van der Waals surface area contributed by atoms with E-state index in [2.05, 4.69) is 21.5 Å². The maximum Gasteiger partial charge on any atom is 0.285 e. The quantitative estimate of drug-likeness (QED) is 0.845. The number of sulfonamides is 1. The van der Waals surface area contributed by atoms with Crippen LogP contribution in [0.4, 0.5) is 0 Å². The number of nitrogens with zero attached hydrogens (tertiary/aromatic N) is 2. The number of fused-ring (bicyclic) bond motifs is 1. The minimum absolute atomic E-state index is 0.133. The summed E-state index contributed by atoms with van der Waals surface area (Å²) in [5.74, 6) is 0.610. The molecular weight excluding hydrogens is 274 g/mol. The monoisotopic (exact) mass is 293 g/mol. The maximum atomic E-state index is 12.1. The number of hydrogen-bond donors (Lipinski definition) is 1. The Hall–Kier alpha value is -1.40. The summed E-state index contributed by atoms with van der Waals surface area (Å²) in [5, 5.41) is 3.34. The van der Waals surface area contributed by atoms with Gasteiger partial charge in [0.05, 0.1) is 0 Å². The largest absolute Gasteiger partial charge is 0.355 e. The van der Waals surface area contributed by atoms with Crippen molar-refractivity contribution in [1.82, 2.24) is 10.2 Å². The third-order valence-corrected chi connectivity index (χ3v) is 5.71. The number of hydrogen-bond acceptors (Lipinski definition) is 4. The SMILES string of the molecule is CNC1(C)CCN(C2=NS(=O)(=O)c3ccccc32)CC1. The predicted octanol–water partition coefficient (Wildman–Crippen LogP) is 1.21. The molecule has 3 rings (SSSR count). The van der Waals surface area contributed by atoms with Gasteiger partial charge in [-0.25, -0.2) is 0 Å². The molecule has 0 unspecified atom stereocenters. The second-order valence-electron chi connectivity index (χ2n) is 5.68. The van der Waals surface area contributed by atoms with Gasteiger partial charge in [0, 0.05) is 24.2 Å². The molecule has 0 spiro atoms. The van der Waals surface area contributed by atoms with E-state index in [4.69, 9.17) is 0 Å². The zero-order chi connectivity index (χ0) is 14.4. The third-order valence-electron chi connectivity index (χ3n) is 4.38. The van der Waals surface area contributed by atoms with E-state index in [0.717, 1.165) is 31.5 Å². The molecule has 1 aromatic carbocycles. The fraction of sp³-hybridized carbons (Fsp3) is 0.500. The van der Waals surface area contributed by atoms with Gasteiger partial charge in [0.1, 0.15) is 4.90 Å². The summed E-state index contributed by atoms with van der Waals surface area (Å²) < 4.78 is 28.1. The summed E-state index contributed by atoms with van der Waals surface area (Å²) >= 11 is 0. The topological polar surface area (TPSA) is 61.8 Å². The number of nitrogens with one attached hydrogen (secondary N) is 1. The van der Waals surface area contributed by atoms with E-state index >= 15 is 0 Å². The highest BCUT2D eigenvalue weighted by Crippen LogP contribution is 2.30. The number of piperidine rings is 1.